The molecule has 0 heterocycles. The molecular formula is C20H12N2O. The molecular weight excluding hydrogens is 284 g/mol. The van der Waals surface area contributed by atoms with E-state index in [9.17, 15) is 4.79 Å². The van der Waals surface area contributed by atoms with Crippen molar-refractivity contribution in [1.82, 2.24) is 0 Å². The number of rotatable bonds is 2. The molecule has 0 unspecified atom stereocenters. The van der Waals surface area contributed by atoms with Crippen LogP contribution in [0.2, 0.25) is 0 Å². The van der Waals surface area contributed by atoms with E-state index in [1.54, 1.807) is 24.3 Å². The molecule has 0 atom stereocenters. The van der Waals surface area contributed by atoms with Gasteiger partial charge in [-0.05, 0) is 41.3 Å². The predicted molar refractivity (Wildman–Crippen MR) is 91.0 cm³/mol. The summed E-state index contributed by atoms with van der Waals surface area (Å²) in [5.41, 5.74) is 3.68. The normalized spacial score (nSPS) is 12.7. The van der Waals surface area contributed by atoms with Crippen LogP contribution in [0.1, 0.15) is 21.5 Å². The Kier molecular flexibility index (Phi) is 2.96. The quantitative estimate of drug-likeness (QED) is 0.764. The van der Waals surface area contributed by atoms with E-state index >= 15 is 0 Å². The maximum atomic E-state index is 12.7. The molecule has 23 heavy (non-hydrogen) atoms. The molecule has 0 amide bonds. The topological polar surface area (TPSA) is 52.9 Å². The summed E-state index contributed by atoms with van der Waals surface area (Å²) >= 11 is 0. The zero-order chi connectivity index (χ0) is 15.8. The highest BCUT2D eigenvalue weighted by molar-refractivity contribution is 6.23. The lowest BCUT2D eigenvalue weighted by Crippen LogP contribution is -2.15. The molecule has 4 rings (SSSR count). The van der Waals surface area contributed by atoms with Gasteiger partial charge < -0.3 is 5.32 Å². The van der Waals surface area contributed by atoms with Gasteiger partial charge >= 0.3 is 0 Å². The van der Waals surface area contributed by atoms with Gasteiger partial charge in [-0.1, -0.05) is 36.4 Å². The molecule has 3 heteroatoms. The maximum absolute atomic E-state index is 12.7. The number of carbonyl (C=O) groups is 1. The first-order chi connectivity index (χ1) is 11.3. The number of benzene rings is 3. The molecule has 0 saturated heterocycles. The maximum Gasteiger partial charge on any atom is 0.209 e. The van der Waals surface area contributed by atoms with Crippen LogP contribution >= 0.6 is 0 Å². The Hall–Kier alpha value is -3.38. The Labute approximate surface area is 133 Å². The van der Waals surface area contributed by atoms with Crippen LogP contribution in [0.15, 0.2) is 66.4 Å². The molecule has 0 radical (unpaired) electrons. The summed E-state index contributed by atoms with van der Waals surface area (Å²) in [6.45, 7) is 0. The van der Waals surface area contributed by atoms with E-state index in [-0.39, 0.29) is 5.78 Å². The van der Waals surface area contributed by atoms with E-state index in [0.29, 0.717) is 11.3 Å². The first-order valence-corrected chi connectivity index (χ1v) is 7.31. The van der Waals surface area contributed by atoms with E-state index < -0.39 is 0 Å². The summed E-state index contributed by atoms with van der Waals surface area (Å²) in [5, 5.41) is 14.1. The fourth-order valence-corrected chi connectivity index (χ4v) is 2.92. The zero-order valence-electron chi connectivity index (χ0n) is 12.2. The van der Waals surface area contributed by atoms with E-state index in [4.69, 9.17) is 5.26 Å². The van der Waals surface area contributed by atoms with Crippen molar-refractivity contribution in [1.29, 1.82) is 5.26 Å². The van der Waals surface area contributed by atoms with Crippen molar-refractivity contribution in [3.8, 4) is 6.07 Å². The van der Waals surface area contributed by atoms with Crippen LogP contribution in [-0.4, -0.2) is 5.78 Å². The van der Waals surface area contributed by atoms with E-state index in [1.165, 1.54) is 0 Å². The number of nitrogens with one attached hydrogen (secondary N) is 1. The van der Waals surface area contributed by atoms with Gasteiger partial charge in [0.1, 0.15) is 0 Å². The lowest BCUT2D eigenvalue weighted by atomic mass is 9.90. The van der Waals surface area contributed by atoms with Gasteiger partial charge in [0.15, 0.2) is 0 Å². The molecule has 108 valence electrons. The molecule has 0 aliphatic heterocycles. The lowest BCUT2D eigenvalue weighted by molar-refractivity contribution is 0.103. The Morgan fingerprint density at radius 2 is 1.65 bits per heavy atom. The first kappa shape index (κ1) is 13.3. The largest absolute Gasteiger partial charge is 0.352 e. The van der Waals surface area contributed by atoms with Gasteiger partial charge in [0.2, 0.25) is 5.78 Å². The van der Waals surface area contributed by atoms with Crippen LogP contribution in [0.25, 0.3) is 16.8 Å². The van der Waals surface area contributed by atoms with Crippen LogP contribution < -0.4 is 5.32 Å². The molecule has 3 aromatic carbocycles. The standard InChI is InChI=1S/C20H12N2O/c21-12-13-7-9-16(10-8-13)22-18-11-15-5-1-3-14-4-2-6-17(19(14)15)20(18)23/h1-11,22H. The molecule has 1 N–H and O–H groups in total. The minimum atomic E-state index is -0.0151. The first-order valence-electron chi connectivity index (χ1n) is 7.31. The van der Waals surface area contributed by atoms with Gasteiger partial charge in [0.05, 0.1) is 17.3 Å². The second kappa shape index (κ2) is 5.11. The van der Waals surface area contributed by atoms with Crippen LogP contribution in [0.4, 0.5) is 5.69 Å². The summed E-state index contributed by atoms with van der Waals surface area (Å²) in [5.74, 6) is -0.0151. The fraction of sp³-hybridized carbons (Fsp3) is 0. The summed E-state index contributed by atoms with van der Waals surface area (Å²) in [6.07, 6.45) is 1.88. The van der Waals surface area contributed by atoms with Crippen LogP contribution in [0, 0.1) is 11.3 Å². The van der Waals surface area contributed by atoms with E-state index in [2.05, 4.69) is 11.4 Å². The number of nitrogens with zero attached hydrogens (tertiary/aromatic N) is 1. The second-order valence-electron chi connectivity index (χ2n) is 5.45. The van der Waals surface area contributed by atoms with Crippen molar-refractivity contribution in [2.24, 2.45) is 0 Å². The third-order valence-corrected chi connectivity index (χ3v) is 4.02. The van der Waals surface area contributed by atoms with E-state index in [1.807, 2.05) is 42.5 Å². The second-order valence-corrected chi connectivity index (χ2v) is 5.45. The Morgan fingerprint density at radius 1 is 0.913 bits per heavy atom. The van der Waals surface area contributed by atoms with Gasteiger partial charge in [-0.2, -0.15) is 5.26 Å². The number of hydrogen-bond acceptors (Lipinski definition) is 3. The Bertz CT molecular complexity index is 1000. The average molecular weight is 296 g/mol. The van der Waals surface area contributed by atoms with Crippen molar-refractivity contribution in [3.05, 3.63) is 83.1 Å². The number of nitriles is 1. The van der Waals surface area contributed by atoms with Gasteiger partial charge in [0, 0.05) is 16.6 Å². The SMILES string of the molecule is N#Cc1ccc(NC2=Cc3cccc4cccc(c34)C2=O)cc1. The summed E-state index contributed by atoms with van der Waals surface area (Å²) in [7, 11) is 0. The number of Topliss-reactive ketones (excluding diaryl/α,β-unsaturated/α-hetero) is 1. The summed E-state index contributed by atoms with van der Waals surface area (Å²) in [6, 6.07) is 20.9. The van der Waals surface area contributed by atoms with Gasteiger partial charge in [-0.25, -0.2) is 0 Å². The predicted octanol–water partition coefficient (Wildman–Crippen LogP) is 4.36. The van der Waals surface area contributed by atoms with Gasteiger partial charge in [-0.15, -0.1) is 0 Å². The number of anilines is 1. The highest BCUT2D eigenvalue weighted by atomic mass is 16.1. The molecule has 3 aromatic rings. The minimum Gasteiger partial charge on any atom is -0.352 e. The molecule has 0 spiro atoms. The van der Waals surface area contributed by atoms with Crippen molar-refractivity contribution < 1.29 is 4.79 Å². The smallest absolute Gasteiger partial charge is 0.209 e. The van der Waals surface area contributed by atoms with Crippen molar-refractivity contribution >= 4 is 28.3 Å². The Balaban J connectivity index is 1.78. The molecule has 0 bridgehead atoms. The number of hydrogen-bond donors (Lipinski definition) is 1. The van der Waals surface area contributed by atoms with Crippen molar-refractivity contribution in [2.75, 3.05) is 5.32 Å². The molecule has 0 aromatic heterocycles. The lowest BCUT2D eigenvalue weighted by Gasteiger charge is -2.18. The molecule has 0 fully saturated rings. The Morgan fingerprint density at radius 3 is 2.39 bits per heavy atom. The van der Waals surface area contributed by atoms with Crippen LogP contribution in [-0.2, 0) is 0 Å². The highest BCUT2D eigenvalue weighted by Crippen LogP contribution is 2.31. The molecule has 0 saturated carbocycles. The highest BCUT2D eigenvalue weighted by Gasteiger charge is 2.21. The monoisotopic (exact) mass is 296 g/mol. The molecule has 1 aliphatic carbocycles. The van der Waals surface area contributed by atoms with Gasteiger partial charge in [-0.3, -0.25) is 4.79 Å². The fourth-order valence-electron chi connectivity index (χ4n) is 2.92. The number of ketones is 1. The average Bonchev–Trinajstić information content (AvgIpc) is 2.60. The number of carbonyl (C=O) groups excluding carboxylic acids is 1. The third-order valence-electron chi connectivity index (χ3n) is 4.02. The van der Waals surface area contributed by atoms with E-state index in [0.717, 1.165) is 27.6 Å². The van der Waals surface area contributed by atoms with Gasteiger partial charge in [0.25, 0.3) is 0 Å². The summed E-state index contributed by atoms with van der Waals surface area (Å²) in [4.78, 5) is 12.7. The summed E-state index contributed by atoms with van der Waals surface area (Å²) < 4.78 is 0. The van der Waals surface area contributed by atoms with Crippen molar-refractivity contribution in [2.45, 2.75) is 0 Å². The third kappa shape index (κ3) is 2.18. The minimum absolute atomic E-state index is 0.0151. The zero-order valence-corrected chi connectivity index (χ0v) is 12.2. The van der Waals surface area contributed by atoms with Crippen LogP contribution in [0.5, 0.6) is 0 Å². The number of allylic oxidation sites excluding steroid dienone is 1. The van der Waals surface area contributed by atoms with Crippen LogP contribution in [0.3, 0.4) is 0 Å². The molecule has 3 nitrogen and oxygen atoms in total. The van der Waals surface area contributed by atoms with Crippen molar-refractivity contribution in [3.63, 3.8) is 0 Å². The molecule has 1 aliphatic rings.